The van der Waals surface area contributed by atoms with Crippen LogP contribution in [0.2, 0.25) is 0 Å². The lowest BCUT2D eigenvalue weighted by atomic mass is 10.2. The van der Waals surface area contributed by atoms with Crippen LogP contribution in [0.15, 0.2) is 24.3 Å². The first kappa shape index (κ1) is 17.2. The fraction of sp³-hybridized carbons (Fsp3) is 0.235. The highest BCUT2D eigenvalue weighted by molar-refractivity contribution is 7.18. The summed E-state index contributed by atoms with van der Waals surface area (Å²) in [5, 5.41) is 0.598. The van der Waals surface area contributed by atoms with Crippen molar-refractivity contribution in [1.82, 2.24) is 9.97 Å². The van der Waals surface area contributed by atoms with Crippen LogP contribution in [0.25, 0.3) is 10.3 Å². The quantitative estimate of drug-likeness (QED) is 0.726. The van der Waals surface area contributed by atoms with E-state index in [1.165, 1.54) is 11.3 Å². The van der Waals surface area contributed by atoms with Gasteiger partial charge in [0, 0.05) is 5.69 Å². The molecule has 1 aromatic carbocycles. The van der Waals surface area contributed by atoms with Gasteiger partial charge in [-0.15, -0.1) is 0 Å². The van der Waals surface area contributed by atoms with Gasteiger partial charge in [0.25, 0.3) is 5.91 Å². The fourth-order valence-electron chi connectivity index (χ4n) is 2.37. The lowest BCUT2D eigenvalue weighted by Crippen LogP contribution is -2.16. The predicted molar refractivity (Wildman–Crippen MR) is 90.6 cm³/mol. The second-order valence-corrected chi connectivity index (χ2v) is 6.43. The molecular weight excluding hydrogens is 348 g/mol. The Labute approximate surface area is 146 Å². The summed E-state index contributed by atoms with van der Waals surface area (Å²) < 4.78 is 33.0. The van der Waals surface area contributed by atoms with Crippen LogP contribution >= 0.6 is 11.3 Å². The minimum atomic E-state index is -1.19. The number of aryl methyl sites for hydroxylation is 1. The SMILES string of the molecule is CCCc1ccc2nc(COc3ccc(F)c(C(N)=O)c3F)sc2n1. The molecule has 0 atom stereocenters. The van der Waals surface area contributed by atoms with E-state index in [0.717, 1.165) is 41.0 Å². The van der Waals surface area contributed by atoms with E-state index >= 15 is 0 Å². The number of aromatic nitrogens is 2. The summed E-state index contributed by atoms with van der Waals surface area (Å²) >= 11 is 1.34. The van der Waals surface area contributed by atoms with E-state index in [1.807, 2.05) is 12.1 Å². The number of nitrogens with two attached hydrogens (primary N) is 1. The molecule has 0 saturated heterocycles. The molecule has 0 aliphatic rings. The van der Waals surface area contributed by atoms with Gasteiger partial charge >= 0.3 is 0 Å². The number of thiazole rings is 1. The molecule has 1 amide bonds. The number of halogens is 2. The number of hydrogen-bond acceptors (Lipinski definition) is 5. The molecule has 0 spiro atoms. The summed E-state index contributed by atoms with van der Waals surface area (Å²) in [5.74, 6) is -3.58. The first-order valence-corrected chi connectivity index (χ1v) is 8.47. The van der Waals surface area contributed by atoms with E-state index in [0.29, 0.717) is 5.01 Å². The molecule has 0 fully saturated rings. The van der Waals surface area contributed by atoms with Crippen molar-refractivity contribution in [1.29, 1.82) is 0 Å². The van der Waals surface area contributed by atoms with Crippen molar-refractivity contribution in [3.05, 3.63) is 52.2 Å². The van der Waals surface area contributed by atoms with Crippen molar-refractivity contribution >= 4 is 27.6 Å². The topological polar surface area (TPSA) is 78.1 Å². The number of ether oxygens (including phenoxy) is 1. The van der Waals surface area contributed by atoms with Gasteiger partial charge in [-0.3, -0.25) is 4.79 Å². The van der Waals surface area contributed by atoms with Crippen molar-refractivity contribution in [2.45, 2.75) is 26.4 Å². The number of hydrogen-bond donors (Lipinski definition) is 1. The molecule has 0 aliphatic carbocycles. The van der Waals surface area contributed by atoms with E-state index in [9.17, 15) is 13.6 Å². The molecule has 0 radical (unpaired) electrons. The Morgan fingerprint density at radius 2 is 2.04 bits per heavy atom. The average molecular weight is 363 g/mol. The number of primary amides is 1. The molecule has 2 heterocycles. The van der Waals surface area contributed by atoms with E-state index in [4.69, 9.17) is 10.5 Å². The molecule has 5 nitrogen and oxygen atoms in total. The van der Waals surface area contributed by atoms with Crippen molar-refractivity contribution in [2.75, 3.05) is 0 Å². The highest BCUT2D eigenvalue weighted by Gasteiger charge is 2.19. The van der Waals surface area contributed by atoms with E-state index < -0.39 is 23.1 Å². The number of fused-ring (bicyclic) bond motifs is 1. The molecule has 130 valence electrons. The Hall–Kier alpha value is -2.61. The maximum Gasteiger partial charge on any atom is 0.254 e. The second kappa shape index (κ2) is 7.10. The maximum atomic E-state index is 14.1. The molecule has 2 aromatic heterocycles. The van der Waals surface area contributed by atoms with E-state index in [2.05, 4.69) is 16.9 Å². The molecule has 2 N–H and O–H groups in total. The Balaban J connectivity index is 1.81. The first-order chi connectivity index (χ1) is 12.0. The molecule has 3 aromatic rings. The molecule has 8 heteroatoms. The number of carbonyl (C=O) groups is 1. The summed E-state index contributed by atoms with van der Waals surface area (Å²) in [5.41, 5.74) is 5.90. The Kier molecular flexibility index (Phi) is 4.89. The number of benzene rings is 1. The Bertz CT molecular complexity index is 943. The molecule has 0 bridgehead atoms. The number of pyridine rings is 1. The fourth-order valence-corrected chi connectivity index (χ4v) is 3.23. The van der Waals surface area contributed by atoms with Gasteiger partial charge in [0.2, 0.25) is 0 Å². The minimum absolute atomic E-state index is 0.0229. The summed E-state index contributed by atoms with van der Waals surface area (Å²) in [4.78, 5) is 20.8. The maximum absolute atomic E-state index is 14.1. The standard InChI is InChI=1S/C17H15F2N3O2S/c1-2-3-9-4-6-11-17(21-9)25-13(22-11)8-24-12-7-5-10(18)14(15(12)19)16(20)23/h4-7H,2-3,8H2,1H3,(H2,20,23). The van der Waals surface area contributed by atoms with Crippen LogP contribution in [0.1, 0.15) is 34.4 Å². The summed E-state index contributed by atoms with van der Waals surface area (Å²) in [6.45, 7) is 2.06. The summed E-state index contributed by atoms with van der Waals surface area (Å²) in [6, 6.07) is 5.86. The lowest BCUT2D eigenvalue weighted by molar-refractivity contribution is 0.0991. The summed E-state index contributed by atoms with van der Waals surface area (Å²) in [7, 11) is 0. The zero-order chi connectivity index (χ0) is 18.0. The molecule has 25 heavy (non-hydrogen) atoms. The Morgan fingerprint density at radius 1 is 1.24 bits per heavy atom. The molecule has 0 aliphatic heterocycles. The monoisotopic (exact) mass is 363 g/mol. The number of carbonyl (C=O) groups excluding carboxylic acids is 1. The molecule has 0 saturated carbocycles. The largest absolute Gasteiger partial charge is 0.483 e. The smallest absolute Gasteiger partial charge is 0.254 e. The van der Waals surface area contributed by atoms with Crippen LogP contribution in [-0.4, -0.2) is 15.9 Å². The van der Waals surface area contributed by atoms with Crippen molar-refractivity contribution < 1.29 is 18.3 Å². The molecule has 0 unspecified atom stereocenters. The van der Waals surface area contributed by atoms with Gasteiger partial charge in [-0.1, -0.05) is 24.7 Å². The first-order valence-electron chi connectivity index (χ1n) is 7.65. The molecular formula is C17H15F2N3O2S. The van der Waals surface area contributed by atoms with E-state index in [-0.39, 0.29) is 12.4 Å². The van der Waals surface area contributed by atoms with Gasteiger partial charge in [-0.05, 0) is 30.7 Å². The van der Waals surface area contributed by atoms with Crippen LogP contribution in [0.4, 0.5) is 8.78 Å². The number of amides is 1. The van der Waals surface area contributed by atoms with Crippen molar-refractivity contribution in [3.8, 4) is 5.75 Å². The van der Waals surface area contributed by atoms with Gasteiger partial charge in [0.1, 0.15) is 33.3 Å². The Morgan fingerprint density at radius 3 is 2.76 bits per heavy atom. The third kappa shape index (κ3) is 3.58. The average Bonchev–Trinajstić information content (AvgIpc) is 2.96. The normalized spacial score (nSPS) is 11.0. The predicted octanol–water partition coefficient (Wildman–Crippen LogP) is 3.60. The third-order valence-corrected chi connectivity index (χ3v) is 4.46. The lowest BCUT2D eigenvalue weighted by Gasteiger charge is -2.08. The minimum Gasteiger partial charge on any atom is -0.483 e. The zero-order valence-corrected chi connectivity index (χ0v) is 14.2. The van der Waals surface area contributed by atoms with Crippen LogP contribution in [0.3, 0.4) is 0 Å². The summed E-state index contributed by atoms with van der Waals surface area (Å²) in [6.07, 6.45) is 1.88. The van der Waals surface area contributed by atoms with Gasteiger partial charge in [0.05, 0.1) is 0 Å². The molecule has 3 rings (SSSR count). The second-order valence-electron chi connectivity index (χ2n) is 5.37. The van der Waals surface area contributed by atoms with Crippen LogP contribution < -0.4 is 10.5 Å². The third-order valence-electron chi connectivity index (χ3n) is 3.52. The number of nitrogens with zero attached hydrogens (tertiary/aromatic N) is 2. The van der Waals surface area contributed by atoms with Crippen molar-refractivity contribution in [3.63, 3.8) is 0 Å². The van der Waals surface area contributed by atoms with Gasteiger partial charge in [-0.2, -0.15) is 0 Å². The van der Waals surface area contributed by atoms with E-state index in [1.54, 1.807) is 0 Å². The zero-order valence-electron chi connectivity index (χ0n) is 13.4. The van der Waals surface area contributed by atoms with Crippen LogP contribution in [0.5, 0.6) is 5.75 Å². The van der Waals surface area contributed by atoms with Crippen LogP contribution in [0, 0.1) is 11.6 Å². The number of rotatable bonds is 6. The van der Waals surface area contributed by atoms with Gasteiger partial charge in [-0.25, -0.2) is 18.7 Å². The van der Waals surface area contributed by atoms with Crippen molar-refractivity contribution in [2.24, 2.45) is 5.73 Å². The van der Waals surface area contributed by atoms with Crippen LogP contribution in [-0.2, 0) is 13.0 Å². The highest BCUT2D eigenvalue weighted by Crippen LogP contribution is 2.26. The van der Waals surface area contributed by atoms with Gasteiger partial charge < -0.3 is 10.5 Å². The highest BCUT2D eigenvalue weighted by atomic mass is 32.1. The van der Waals surface area contributed by atoms with Gasteiger partial charge in [0.15, 0.2) is 11.6 Å².